The van der Waals surface area contributed by atoms with E-state index in [2.05, 4.69) is 5.32 Å². The zero-order valence-corrected chi connectivity index (χ0v) is 12.8. The minimum Gasteiger partial charge on any atom is -0.492 e. The lowest BCUT2D eigenvalue weighted by Gasteiger charge is -2.10. The van der Waals surface area contributed by atoms with Gasteiger partial charge in [-0.15, -0.1) is 0 Å². The molecule has 2 rings (SSSR count). The van der Waals surface area contributed by atoms with Crippen molar-refractivity contribution in [3.8, 4) is 5.75 Å². The average molecular weight is 283 g/mol. The van der Waals surface area contributed by atoms with E-state index in [0.717, 1.165) is 22.4 Å². The van der Waals surface area contributed by atoms with Crippen LogP contribution in [0.1, 0.15) is 27.0 Å². The van der Waals surface area contributed by atoms with Gasteiger partial charge in [0.2, 0.25) is 0 Å². The van der Waals surface area contributed by atoms with Gasteiger partial charge in [0, 0.05) is 5.56 Å². The van der Waals surface area contributed by atoms with Crippen LogP contribution in [0.3, 0.4) is 0 Å². The summed E-state index contributed by atoms with van der Waals surface area (Å²) in [6.45, 7) is 6.90. The molecule has 3 nitrogen and oxygen atoms in total. The lowest BCUT2D eigenvalue weighted by Crippen LogP contribution is -2.28. The first-order valence-electron chi connectivity index (χ1n) is 7.11. The maximum atomic E-state index is 12.1. The molecule has 2 aromatic rings. The van der Waals surface area contributed by atoms with Crippen LogP contribution in [-0.2, 0) is 0 Å². The molecule has 1 N–H and O–H groups in total. The van der Waals surface area contributed by atoms with E-state index in [9.17, 15) is 4.79 Å². The van der Waals surface area contributed by atoms with E-state index in [-0.39, 0.29) is 5.91 Å². The van der Waals surface area contributed by atoms with Gasteiger partial charge in [-0.1, -0.05) is 35.4 Å². The van der Waals surface area contributed by atoms with Crippen LogP contribution in [0.5, 0.6) is 5.75 Å². The van der Waals surface area contributed by atoms with Gasteiger partial charge in [0.05, 0.1) is 6.54 Å². The fourth-order valence-electron chi connectivity index (χ4n) is 2.04. The van der Waals surface area contributed by atoms with Crippen LogP contribution in [0.25, 0.3) is 0 Å². The maximum Gasteiger partial charge on any atom is 0.251 e. The number of amides is 1. The van der Waals surface area contributed by atoms with Gasteiger partial charge in [0.15, 0.2) is 0 Å². The molecule has 0 radical (unpaired) electrons. The van der Waals surface area contributed by atoms with Crippen molar-refractivity contribution < 1.29 is 9.53 Å². The summed E-state index contributed by atoms with van der Waals surface area (Å²) in [5.74, 6) is 0.769. The van der Waals surface area contributed by atoms with Crippen LogP contribution >= 0.6 is 0 Å². The Balaban J connectivity index is 1.81. The molecular weight excluding hydrogens is 262 g/mol. The number of carbonyl (C=O) groups is 1. The minimum atomic E-state index is -0.0521. The Bertz CT molecular complexity index is 618. The predicted molar refractivity (Wildman–Crippen MR) is 84.9 cm³/mol. The molecule has 0 heterocycles. The zero-order chi connectivity index (χ0) is 15.2. The van der Waals surface area contributed by atoms with Crippen molar-refractivity contribution in [3.63, 3.8) is 0 Å². The first-order chi connectivity index (χ1) is 10.1. The number of hydrogen-bond acceptors (Lipinski definition) is 2. The van der Waals surface area contributed by atoms with Crippen LogP contribution in [0, 0.1) is 20.8 Å². The summed E-state index contributed by atoms with van der Waals surface area (Å²) in [7, 11) is 0. The van der Waals surface area contributed by atoms with E-state index in [1.165, 1.54) is 5.56 Å². The highest BCUT2D eigenvalue weighted by molar-refractivity contribution is 5.95. The van der Waals surface area contributed by atoms with E-state index in [1.54, 1.807) is 0 Å². The lowest BCUT2D eigenvalue weighted by atomic mass is 10.1. The van der Waals surface area contributed by atoms with Crippen molar-refractivity contribution >= 4 is 5.91 Å². The Morgan fingerprint density at radius 2 is 1.67 bits per heavy atom. The van der Waals surface area contributed by atoms with Crippen molar-refractivity contribution in [1.29, 1.82) is 0 Å². The molecule has 0 spiro atoms. The molecule has 0 bridgehead atoms. The largest absolute Gasteiger partial charge is 0.492 e. The maximum absolute atomic E-state index is 12.1. The second-order valence-corrected chi connectivity index (χ2v) is 5.24. The van der Waals surface area contributed by atoms with Gasteiger partial charge in [-0.05, 0) is 44.5 Å². The number of rotatable bonds is 5. The molecule has 110 valence electrons. The fourth-order valence-corrected chi connectivity index (χ4v) is 2.04. The topological polar surface area (TPSA) is 38.3 Å². The van der Waals surface area contributed by atoms with E-state index in [4.69, 9.17) is 4.74 Å². The standard InChI is InChI=1S/C18H21NO2/c1-13-5-8-16(9-6-13)21-11-10-19-18(20)17-12-14(2)4-7-15(17)3/h4-9,12H,10-11H2,1-3H3,(H,19,20). The molecule has 0 fully saturated rings. The average Bonchev–Trinajstić information content (AvgIpc) is 2.47. The van der Waals surface area contributed by atoms with Gasteiger partial charge in [-0.3, -0.25) is 4.79 Å². The SMILES string of the molecule is Cc1ccc(OCCNC(=O)c2cc(C)ccc2C)cc1. The van der Waals surface area contributed by atoms with Crippen molar-refractivity contribution in [3.05, 3.63) is 64.7 Å². The second kappa shape index (κ2) is 6.93. The molecular formula is C18H21NO2. The van der Waals surface area contributed by atoms with Crippen molar-refractivity contribution in [2.45, 2.75) is 20.8 Å². The number of aryl methyl sites for hydroxylation is 3. The fraction of sp³-hybridized carbons (Fsp3) is 0.278. The molecule has 0 aromatic heterocycles. The van der Waals surface area contributed by atoms with E-state index in [1.807, 2.05) is 63.2 Å². The normalized spacial score (nSPS) is 10.2. The Kier molecular flexibility index (Phi) is 4.99. The number of carbonyl (C=O) groups excluding carboxylic acids is 1. The van der Waals surface area contributed by atoms with Gasteiger partial charge >= 0.3 is 0 Å². The van der Waals surface area contributed by atoms with Gasteiger partial charge in [-0.25, -0.2) is 0 Å². The van der Waals surface area contributed by atoms with Gasteiger partial charge in [-0.2, -0.15) is 0 Å². The van der Waals surface area contributed by atoms with E-state index < -0.39 is 0 Å². The van der Waals surface area contributed by atoms with Gasteiger partial charge in [0.1, 0.15) is 12.4 Å². The summed E-state index contributed by atoms with van der Waals surface area (Å²) >= 11 is 0. The molecule has 0 unspecified atom stereocenters. The van der Waals surface area contributed by atoms with Crippen molar-refractivity contribution in [2.75, 3.05) is 13.2 Å². The lowest BCUT2D eigenvalue weighted by molar-refractivity contribution is 0.0946. The van der Waals surface area contributed by atoms with Crippen LogP contribution in [-0.4, -0.2) is 19.1 Å². The summed E-state index contributed by atoms with van der Waals surface area (Å²) in [5.41, 5.74) is 4.00. The second-order valence-electron chi connectivity index (χ2n) is 5.24. The van der Waals surface area contributed by atoms with Gasteiger partial charge < -0.3 is 10.1 Å². The summed E-state index contributed by atoms with van der Waals surface area (Å²) in [6.07, 6.45) is 0. The Morgan fingerprint density at radius 3 is 2.38 bits per heavy atom. The van der Waals surface area contributed by atoms with Crippen molar-refractivity contribution in [1.82, 2.24) is 5.32 Å². The van der Waals surface area contributed by atoms with Crippen LogP contribution in [0.2, 0.25) is 0 Å². The van der Waals surface area contributed by atoms with Crippen LogP contribution < -0.4 is 10.1 Å². The highest BCUT2D eigenvalue weighted by Gasteiger charge is 2.08. The monoisotopic (exact) mass is 283 g/mol. The van der Waals surface area contributed by atoms with Crippen LogP contribution in [0.15, 0.2) is 42.5 Å². The van der Waals surface area contributed by atoms with E-state index >= 15 is 0 Å². The summed E-state index contributed by atoms with van der Waals surface area (Å²) in [6, 6.07) is 13.8. The van der Waals surface area contributed by atoms with Crippen molar-refractivity contribution in [2.24, 2.45) is 0 Å². The quantitative estimate of drug-likeness (QED) is 0.854. The molecule has 0 atom stereocenters. The molecule has 1 amide bonds. The predicted octanol–water partition coefficient (Wildman–Crippen LogP) is 3.42. The minimum absolute atomic E-state index is 0.0521. The summed E-state index contributed by atoms with van der Waals surface area (Å²) in [4.78, 5) is 12.1. The molecule has 21 heavy (non-hydrogen) atoms. The number of nitrogens with one attached hydrogen (secondary N) is 1. The Hall–Kier alpha value is -2.29. The molecule has 0 aliphatic heterocycles. The first kappa shape index (κ1) is 15.1. The highest BCUT2D eigenvalue weighted by atomic mass is 16.5. The zero-order valence-electron chi connectivity index (χ0n) is 12.8. The molecule has 3 heteroatoms. The van der Waals surface area contributed by atoms with E-state index in [0.29, 0.717) is 13.2 Å². The molecule has 0 saturated heterocycles. The third kappa shape index (κ3) is 4.35. The Morgan fingerprint density at radius 1 is 1.00 bits per heavy atom. The summed E-state index contributed by atoms with van der Waals surface area (Å²) in [5, 5.41) is 2.88. The molecule has 2 aromatic carbocycles. The number of ether oxygens (including phenoxy) is 1. The molecule has 0 saturated carbocycles. The van der Waals surface area contributed by atoms with Crippen LogP contribution in [0.4, 0.5) is 0 Å². The smallest absolute Gasteiger partial charge is 0.251 e. The highest BCUT2D eigenvalue weighted by Crippen LogP contribution is 2.12. The molecule has 0 aliphatic rings. The number of benzene rings is 2. The number of hydrogen-bond donors (Lipinski definition) is 1. The van der Waals surface area contributed by atoms with Gasteiger partial charge in [0.25, 0.3) is 5.91 Å². The first-order valence-corrected chi connectivity index (χ1v) is 7.11. The molecule has 0 aliphatic carbocycles. The Labute approximate surface area is 126 Å². The third-order valence-electron chi connectivity index (χ3n) is 3.32. The summed E-state index contributed by atoms with van der Waals surface area (Å²) < 4.78 is 5.59. The third-order valence-corrected chi connectivity index (χ3v) is 3.32.